The number of benzene rings is 2. The van der Waals surface area contributed by atoms with Crippen molar-refractivity contribution in [2.45, 2.75) is 12.6 Å². The van der Waals surface area contributed by atoms with E-state index in [1.807, 2.05) is 42.3 Å². The van der Waals surface area contributed by atoms with Crippen LogP contribution in [0.3, 0.4) is 0 Å². The molecule has 1 aliphatic rings. The van der Waals surface area contributed by atoms with E-state index in [4.69, 9.17) is 4.74 Å². The summed E-state index contributed by atoms with van der Waals surface area (Å²) in [5, 5.41) is 5.44. The molecule has 1 heterocycles. The van der Waals surface area contributed by atoms with Crippen LogP contribution in [0.1, 0.15) is 17.2 Å². The van der Waals surface area contributed by atoms with E-state index < -0.39 is 23.9 Å². The molecule has 7 heteroatoms. The molecule has 0 spiro atoms. The molecule has 0 saturated carbocycles. The highest BCUT2D eigenvalue weighted by Crippen LogP contribution is 2.28. The predicted molar refractivity (Wildman–Crippen MR) is 103 cm³/mol. The number of esters is 1. The van der Waals surface area contributed by atoms with Crippen molar-refractivity contribution in [1.82, 2.24) is 15.5 Å². The number of carbonyl (C=O) groups excluding carboxylic acids is 2. The zero-order valence-electron chi connectivity index (χ0n) is 15.7. The van der Waals surface area contributed by atoms with Gasteiger partial charge in [0.05, 0.1) is 18.7 Å². The molecule has 0 saturated heterocycles. The van der Waals surface area contributed by atoms with E-state index in [9.17, 15) is 14.0 Å². The number of halogens is 1. The van der Waals surface area contributed by atoms with Crippen molar-refractivity contribution < 1.29 is 18.7 Å². The van der Waals surface area contributed by atoms with Gasteiger partial charge in [-0.2, -0.15) is 0 Å². The molecule has 2 aromatic rings. The largest absolute Gasteiger partial charge is 0.466 e. The van der Waals surface area contributed by atoms with Crippen LogP contribution in [0.2, 0.25) is 0 Å². The maximum Gasteiger partial charge on any atom is 0.338 e. The van der Waals surface area contributed by atoms with E-state index >= 15 is 0 Å². The fraction of sp³-hybridized carbons (Fsp3) is 0.238. The van der Waals surface area contributed by atoms with Crippen LogP contribution in [0.5, 0.6) is 0 Å². The van der Waals surface area contributed by atoms with Crippen LogP contribution < -0.4 is 10.6 Å². The van der Waals surface area contributed by atoms with E-state index in [0.29, 0.717) is 29.9 Å². The average Bonchev–Trinajstić information content (AvgIpc) is 2.68. The lowest BCUT2D eigenvalue weighted by molar-refractivity contribution is -0.136. The van der Waals surface area contributed by atoms with Gasteiger partial charge in [0.15, 0.2) is 0 Å². The summed E-state index contributed by atoms with van der Waals surface area (Å²) in [7, 11) is 3.19. The summed E-state index contributed by atoms with van der Waals surface area (Å²) in [6.45, 7) is 0.980. The molecule has 0 bridgehead atoms. The lowest BCUT2D eigenvalue weighted by Crippen LogP contribution is -2.48. The number of ether oxygens (including phenoxy) is 1. The second-order valence-electron chi connectivity index (χ2n) is 6.62. The highest BCUT2D eigenvalue weighted by molar-refractivity contribution is 5.95. The monoisotopic (exact) mass is 383 g/mol. The Balaban J connectivity index is 1.92. The molecule has 6 nitrogen and oxygen atoms in total. The van der Waals surface area contributed by atoms with Crippen molar-refractivity contribution in [2.75, 3.05) is 20.7 Å². The number of nitrogens with zero attached hydrogens (tertiary/aromatic N) is 1. The van der Waals surface area contributed by atoms with Gasteiger partial charge in [-0.25, -0.2) is 14.0 Å². The number of hydrogen-bond donors (Lipinski definition) is 2. The SMILES string of the molecule is COC(=O)C1=C(CN(C)Cc2ccccc2)NC(=O)N[C@H]1c1ccc(F)cc1. The van der Waals surface area contributed by atoms with Crippen LogP contribution >= 0.6 is 0 Å². The Morgan fingerprint density at radius 3 is 2.43 bits per heavy atom. The summed E-state index contributed by atoms with van der Waals surface area (Å²) in [5.74, 6) is -0.944. The van der Waals surface area contributed by atoms with Crippen LogP contribution in [0.25, 0.3) is 0 Å². The lowest BCUT2D eigenvalue weighted by atomic mass is 9.95. The molecule has 1 aliphatic heterocycles. The Kier molecular flexibility index (Phi) is 6.06. The van der Waals surface area contributed by atoms with Gasteiger partial charge >= 0.3 is 12.0 Å². The highest BCUT2D eigenvalue weighted by atomic mass is 19.1. The van der Waals surface area contributed by atoms with E-state index in [2.05, 4.69) is 10.6 Å². The second-order valence-corrected chi connectivity index (χ2v) is 6.62. The van der Waals surface area contributed by atoms with Crippen LogP contribution in [0.15, 0.2) is 65.9 Å². The maximum atomic E-state index is 13.3. The Hall–Kier alpha value is -3.19. The normalized spacial score (nSPS) is 16.6. The van der Waals surface area contributed by atoms with Gasteiger partial charge in [0.25, 0.3) is 0 Å². The molecule has 0 aromatic heterocycles. The number of nitrogens with one attached hydrogen (secondary N) is 2. The fourth-order valence-corrected chi connectivity index (χ4v) is 3.22. The van der Waals surface area contributed by atoms with E-state index in [-0.39, 0.29) is 0 Å². The van der Waals surface area contributed by atoms with Crippen molar-refractivity contribution in [3.8, 4) is 0 Å². The first kappa shape index (κ1) is 19.6. The topological polar surface area (TPSA) is 70.7 Å². The quantitative estimate of drug-likeness (QED) is 0.753. The van der Waals surface area contributed by atoms with Crippen molar-refractivity contribution >= 4 is 12.0 Å². The molecule has 146 valence electrons. The standard InChI is InChI=1S/C21H22FN3O3/c1-25(12-14-6-4-3-5-7-14)13-17-18(20(26)28-2)19(24-21(27)23-17)15-8-10-16(22)11-9-15/h3-11,19H,12-13H2,1-2H3,(H2,23,24,27)/t19-/m0/s1. The van der Waals surface area contributed by atoms with Crippen molar-refractivity contribution in [1.29, 1.82) is 0 Å². The van der Waals surface area contributed by atoms with Gasteiger partial charge in [0.1, 0.15) is 5.82 Å². The minimum Gasteiger partial charge on any atom is -0.466 e. The number of likely N-dealkylation sites (N-methyl/N-ethyl adjacent to an activating group) is 1. The molecule has 0 aliphatic carbocycles. The zero-order valence-corrected chi connectivity index (χ0v) is 15.7. The number of methoxy groups -OCH3 is 1. The summed E-state index contributed by atoms with van der Waals surface area (Å²) in [4.78, 5) is 26.7. The molecule has 1 atom stereocenters. The smallest absolute Gasteiger partial charge is 0.338 e. The van der Waals surface area contributed by atoms with Crippen LogP contribution in [-0.2, 0) is 16.1 Å². The summed E-state index contributed by atoms with van der Waals surface area (Å²) in [5.41, 5.74) is 2.47. The maximum absolute atomic E-state index is 13.3. The number of carbonyl (C=O) groups is 2. The molecule has 0 unspecified atom stereocenters. The van der Waals surface area contributed by atoms with Gasteiger partial charge in [0, 0.05) is 18.8 Å². The number of hydrogen-bond acceptors (Lipinski definition) is 4. The third-order valence-corrected chi connectivity index (χ3v) is 4.49. The molecule has 0 fully saturated rings. The first-order chi connectivity index (χ1) is 13.5. The first-order valence-electron chi connectivity index (χ1n) is 8.84. The number of urea groups is 1. The van der Waals surface area contributed by atoms with Crippen LogP contribution in [-0.4, -0.2) is 37.6 Å². The van der Waals surface area contributed by atoms with Gasteiger partial charge in [-0.1, -0.05) is 42.5 Å². The Bertz CT molecular complexity index is 882. The summed E-state index contributed by atoms with van der Waals surface area (Å²) in [6.07, 6.45) is 0. The third-order valence-electron chi connectivity index (χ3n) is 4.49. The average molecular weight is 383 g/mol. The molecule has 2 amide bonds. The third kappa shape index (κ3) is 4.55. The minimum absolute atomic E-state index is 0.300. The van der Waals surface area contributed by atoms with Crippen LogP contribution in [0, 0.1) is 5.82 Å². The van der Waals surface area contributed by atoms with Gasteiger partial charge in [0.2, 0.25) is 0 Å². The van der Waals surface area contributed by atoms with Crippen LogP contribution in [0.4, 0.5) is 9.18 Å². The summed E-state index contributed by atoms with van der Waals surface area (Å²) in [6, 6.07) is 14.4. The molecule has 0 radical (unpaired) electrons. The Labute approximate surface area is 163 Å². The lowest BCUT2D eigenvalue weighted by Gasteiger charge is -2.31. The Morgan fingerprint density at radius 2 is 1.79 bits per heavy atom. The molecule has 2 N–H and O–H groups in total. The van der Waals surface area contributed by atoms with Crippen molar-refractivity contribution in [3.05, 3.63) is 82.8 Å². The van der Waals surface area contributed by atoms with E-state index in [1.54, 1.807) is 12.1 Å². The van der Waals surface area contributed by atoms with Crippen molar-refractivity contribution in [2.24, 2.45) is 0 Å². The van der Waals surface area contributed by atoms with Gasteiger partial charge in [-0.3, -0.25) is 4.90 Å². The van der Waals surface area contributed by atoms with Gasteiger partial charge in [-0.05, 0) is 30.3 Å². The van der Waals surface area contributed by atoms with Crippen molar-refractivity contribution in [3.63, 3.8) is 0 Å². The molecule has 28 heavy (non-hydrogen) atoms. The number of amides is 2. The molecular formula is C21H22FN3O3. The zero-order chi connectivity index (χ0) is 20.1. The minimum atomic E-state index is -0.720. The van der Waals surface area contributed by atoms with E-state index in [1.165, 1.54) is 19.2 Å². The van der Waals surface area contributed by atoms with Gasteiger partial charge in [-0.15, -0.1) is 0 Å². The second kappa shape index (κ2) is 8.67. The highest BCUT2D eigenvalue weighted by Gasteiger charge is 2.33. The first-order valence-corrected chi connectivity index (χ1v) is 8.84. The molecule has 3 rings (SSSR count). The van der Waals surface area contributed by atoms with E-state index in [0.717, 1.165) is 5.56 Å². The fourth-order valence-electron chi connectivity index (χ4n) is 3.22. The number of rotatable bonds is 6. The summed E-state index contributed by atoms with van der Waals surface area (Å²) < 4.78 is 18.2. The van der Waals surface area contributed by atoms with Gasteiger partial charge < -0.3 is 15.4 Å². The molecular weight excluding hydrogens is 361 g/mol. The Morgan fingerprint density at radius 1 is 1.11 bits per heavy atom. The summed E-state index contributed by atoms with van der Waals surface area (Å²) >= 11 is 0. The predicted octanol–water partition coefficient (Wildman–Crippen LogP) is 2.74. The molecule has 2 aromatic carbocycles.